The smallest absolute Gasteiger partial charge is 0.159 e. The minimum absolute atomic E-state index is 0.792. The van der Waals surface area contributed by atoms with Gasteiger partial charge in [-0.1, -0.05) is 182 Å². The summed E-state index contributed by atoms with van der Waals surface area (Å²) in [5.74, 6) is 1.60. The van der Waals surface area contributed by atoms with Gasteiger partial charge in [0.05, 0.1) is 34.7 Å². The van der Waals surface area contributed by atoms with Crippen LogP contribution in [0.25, 0.3) is 67.5 Å². The van der Waals surface area contributed by atoms with Crippen LogP contribution in [0.2, 0.25) is 0 Å². The molecule has 0 amide bonds. The van der Waals surface area contributed by atoms with Gasteiger partial charge in [-0.05, 0) is 94.6 Å². The Balaban J connectivity index is 0.000000136. The third-order valence-electron chi connectivity index (χ3n) is 11.3. The van der Waals surface area contributed by atoms with Gasteiger partial charge in [0.15, 0.2) is 5.82 Å². The Morgan fingerprint density at radius 3 is 1.26 bits per heavy atom. The lowest BCUT2D eigenvalue weighted by molar-refractivity contribution is 1.06. The highest BCUT2D eigenvalue weighted by Crippen LogP contribution is 2.20. The predicted molar refractivity (Wildman–Crippen MR) is 318 cm³/mol. The summed E-state index contributed by atoms with van der Waals surface area (Å²) in [6.45, 7) is 11.9. The van der Waals surface area contributed by atoms with E-state index in [9.17, 15) is 0 Å². The van der Waals surface area contributed by atoms with Crippen molar-refractivity contribution >= 4 is 0 Å². The molecule has 10 nitrogen and oxygen atoms in total. The minimum atomic E-state index is 0.792. The summed E-state index contributed by atoms with van der Waals surface area (Å²) in [5, 5.41) is 0. The van der Waals surface area contributed by atoms with Gasteiger partial charge >= 0.3 is 0 Å². The predicted octanol–water partition coefficient (Wildman–Crippen LogP) is 15.9. The molecule has 12 rings (SSSR count). The Morgan fingerprint density at radius 2 is 0.744 bits per heavy atom. The summed E-state index contributed by atoms with van der Waals surface area (Å²) in [4.78, 5) is 42.1. The zero-order valence-electron chi connectivity index (χ0n) is 44.9. The molecule has 384 valence electrons. The van der Waals surface area contributed by atoms with Crippen LogP contribution in [-0.4, -0.2) is 49.8 Å². The average molecular weight is 1020 g/mol. The molecule has 0 fully saturated rings. The second kappa shape index (κ2) is 30.3. The Morgan fingerprint density at radius 1 is 0.256 bits per heavy atom. The molecule has 6 aromatic heterocycles. The fourth-order valence-corrected chi connectivity index (χ4v) is 7.48. The van der Waals surface area contributed by atoms with E-state index in [1.54, 1.807) is 31.1 Å². The Bertz CT molecular complexity index is 3000. The fraction of sp³-hybridized carbons (Fsp3) is 0.0882. The van der Waals surface area contributed by atoms with E-state index >= 15 is 0 Å². The van der Waals surface area contributed by atoms with Crippen LogP contribution in [0.3, 0.4) is 0 Å². The number of rotatable bonds is 6. The van der Waals surface area contributed by atoms with Crippen molar-refractivity contribution in [3.63, 3.8) is 0 Å². The van der Waals surface area contributed by atoms with Crippen LogP contribution < -0.4 is 0 Å². The monoisotopic (exact) mass is 1020 g/mol. The first-order valence-corrected chi connectivity index (χ1v) is 25.5. The quantitative estimate of drug-likeness (QED) is 0.159. The highest BCUT2D eigenvalue weighted by molar-refractivity contribution is 5.63. The van der Waals surface area contributed by atoms with Crippen LogP contribution in [0, 0.1) is 41.5 Å². The second-order valence-corrected chi connectivity index (χ2v) is 17.8. The van der Waals surface area contributed by atoms with Crippen molar-refractivity contribution in [2.75, 3.05) is 0 Å². The molecule has 0 aliphatic rings. The van der Waals surface area contributed by atoms with E-state index < -0.39 is 0 Å². The van der Waals surface area contributed by atoms with Crippen LogP contribution in [0.1, 0.15) is 34.0 Å². The van der Waals surface area contributed by atoms with Crippen LogP contribution in [0.15, 0.2) is 268 Å². The fourth-order valence-electron chi connectivity index (χ4n) is 7.48. The SMILES string of the molecule is Cc1cc(-c2ccccc2)ncn1.Cc1ccnc(-c2ccccc2)c1.Cc1ccnc(-c2ccccc2)n1.Cc1cncc(-c2ccccc2)c1.Cc1cncc(-c2ccccc2)n1.Cc1nccc(-c2ccccc2)n1. The first kappa shape index (κ1) is 55.7. The van der Waals surface area contributed by atoms with E-state index in [0.29, 0.717) is 0 Å². The minimum Gasteiger partial charge on any atom is -0.264 e. The van der Waals surface area contributed by atoms with E-state index in [1.165, 1.54) is 27.8 Å². The van der Waals surface area contributed by atoms with Gasteiger partial charge in [-0.25, -0.2) is 34.9 Å². The lowest BCUT2D eigenvalue weighted by Crippen LogP contribution is -1.89. The number of hydrogen-bond acceptors (Lipinski definition) is 10. The Kier molecular flexibility index (Phi) is 21.7. The molecule has 10 heteroatoms. The van der Waals surface area contributed by atoms with Crippen LogP contribution in [0.5, 0.6) is 0 Å². The molecule has 0 unspecified atom stereocenters. The summed E-state index contributed by atoms with van der Waals surface area (Å²) < 4.78 is 0. The molecule has 0 aliphatic heterocycles. The van der Waals surface area contributed by atoms with Crippen LogP contribution in [0.4, 0.5) is 0 Å². The summed E-state index contributed by atoms with van der Waals surface area (Å²) in [6, 6.07) is 72.8. The van der Waals surface area contributed by atoms with Gasteiger partial charge in [0.1, 0.15) is 12.2 Å². The van der Waals surface area contributed by atoms with Crippen molar-refractivity contribution in [2.24, 2.45) is 0 Å². The number of pyridine rings is 2. The Hall–Kier alpha value is -10.1. The maximum Gasteiger partial charge on any atom is 0.159 e. The van der Waals surface area contributed by atoms with Gasteiger partial charge in [-0.15, -0.1) is 0 Å². The van der Waals surface area contributed by atoms with Crippen LogP contribution >= 0.6 is 0 Å². The van der Waals surface area contributed by atoms with Crippen LogP contribution in [-0.2, 0) is 0 Å². The third kappa shape index (κ3) is 18.7. The van der Waals surface area contributed by atoms with Crippen molar-refractivity contribution in [3.8, 4) is 67.5 Å². The van der Waals surface area contributed by atoms with Crippen molar-refractivity contribution in [3.05, 3.63) is 302 Å². The average Bonchev–Trinajstić information content (AvgIpc) is 3.49. The van der Waals surface area contributed by atoms with Crippen molar-refractivity contribution < 1.29 is 0 Å². The lowest BCUT2D eigenvalue weighted by atomic mass is 10.1. The molecule has 12 aromatic rings. The molecule has 0 aliphatic carbocycles. The molecular formula is C68H62N10. The number of benzene rings is 6. The number of aromatic nitrogens is 10. The summed E-state index contributed by atoms with van der Waals surface area (Å²) in [6.07, 6.45) is 14.3. The molecule has 6 heterocycles. The van der Waals surface area contributed by atoms with Gasteiger partial charge in [0.25, 0.3) is 0 Å². The molecular weight excluding hydrogens is 957 g/mol. The summed E-state index contributed by atoms with van der Waals surface area (Å²) in [5.41, 5.74) is 17.3. The number of nitrogens with zero attached hydrogens (tertiary/aromatic N) is 10. The molecule has 0 spiro atoms. The zero-order valence-corrected chi connectivity index (χ0v) is 44.9. The maximum atomic E-state index is 4.38. The van der Waals surface area contributed by atoms with Gasteiger partial charge in [-0.3, -0.25) is 15.0 Å². The lowest BCUT2D eigenvalue weighted by Gasteiger charge is -2.00. The molecule has 0 atom stereocenters. The summed E-state index contributed by atoms with van der Waals surface area (Å²) >= 11 is 0. The number of hydrogen-bond donors (Lipinski definition) is 0. The number of aryl methyl sites for hydroxylation is 6. The highest BCUT2D eigenvalue weighted by Gasteiger charge is 2.02. The topological polar surface area (TPSA) is 129 Å². The molecule has 0 N–H and O–H groups in total. The second-order valence-electron chi connectivity index (χ2n) is 17.8. The van der Waals surface area contributed by atoms with Crippen molar-refractivity contribution in [1.82, 2.24) is 49.8 Å². The molecule has 0 radical (unpaired) electrons. The normalized spacial score (nSPS) is 9.92. The zero-order chi connectivity index (χ0) is 54.6. The van der Waals surface area contributed by atoms with E-state index in [4.69, 9.17) is 0 Å². The summed E-state index contributed by atoms with van der Waals surface area (Å²) in [7, 11) is 0. The molecule has 6 aromatic carbocycles. The molecule has 0 saturated carbocycles. The maximum absolute atomic E-state index is 4.38. The van der Waals surface area contributed by atoms with E-state index in [2.05, 4.69) is 100 Å². The van der Waals surface area contributed by atoms with Gasteiger partial charge in [-0.2, -0.15) is 0 Å². The van der Waals surface area contributed by atoms with Gasteiger partial charge in [0.2, 0.25) is 0 Å². The van der Waals surface area contributed by atoms with E-state index in [1.807, 2.05) is 228 Å². The largest absolute Gasteiger partial charge is 0.264 e. The Labute approximate surface area is 458 Å². The highest BCUT2D eigenvalue weighted by atomic mass is 14.9. The molecule has 0 bridgehead atoms. The van der Waals surface area contributed by atoms with E-state index in [-0.39, 0.29) is 0 Å². The van der Waals surface area contributed by atoms with E-state index in [0.717, 1.165) is 73.8 Å². The van der Waals surface area contributed by atoms with Gasteiger partial charge in [0, 0.05) is 81.9 Å². The molecule has 78 heavy (non-hydrogen) atoms. The standard InChI is InChI=1S/2C12H11N.4C11H10N2/c1-10-7-12(9-13-8-10)11-5-3-2-4-6-11;1-10-7-8-13-12(9-10)11-5-3-2-4-6-11;1-9-7-12-8-11(13-9)10-5-3-2-4-6-10;1-9-7-11(13-8-12-9)10-5-3-2-4-6-10;1-9-12-8-7-11(13-9)10-5-3-2-4-6-10;1-9-7-8-12-11(13-9)10-5-3-2-4-6-10/h2*2-9H,1H3;4*2-8H,1H3. The van der Waals surface area contributed by atoms with Gasteiger partial charge < -0.3 is 0 Å². The first-order chi connectivity index (χ1) is 38.2. The van der Waals surface area contributed by atoms with Crippen molar-refractivity contribution in [2.45, 2.75) is 41.5 Å². The third-order valence-corrected chi connectivity index (χ3v) is 11.3. The van der Waals surface area contributed by atoms with Crippen molar-refractivity contribution in [1.29, 1.82) is 0 Å². The molecule has 0 saturated heterocycles. The first-order valence-electron chi connectivity index (χ1n) is 25.5.